The monoisotopic (exact) mass is 384 g/mol. The summed E-state index contributed by atoms with van der Waals surface area (Å²) in [6.07, 6.45) is 0. The number of hydrogen-bond acceptors (Lipinski definition) is 6. The van der Waals surface area contributed by atoms with E-state index >= 15 is 0 Å². The third-order valence-electron chi connectivity index (χ3n) is 4.32. The molecule has 0 aliphatic carbocycles. The van der Waals surface area contributed by atoms with Crippen LogP contribution in [0, 0.1) is 0 Å². The third kappa shape index (κ3) is 4.12. The Morgan fingerprint density at radius 2 is 1.93 bits per heavy atom. The van der Waals surface area contributed by atoms with Crippen LogP contribution in [0.3, 0.4) is 0 Å². The number of anilines is 3. The van der Waals surface area contributed by atoms with Crippen molar-refractivity contribution in [1.29, 1.82) is 0 Å². The highest BCUT2D eigenvalue weighted by atomic mass is 32.1. The summed E-state index contributed by atoms with van der Waals surface area (Å²) in [6, 6.07) is 13.1. The average Bonchev–Trinajstić information content (AvgIpc) is 3.10. The molecule has 1 fully saturated rings. The minimum atomic E-state index is -0.319. The van der Waals surface area contributed by atoms with E-state index in [2.05, 4.69) is 20.5 Å². The van der Waals surface area contributed by atoms with Crippen molar-refractivity contribution in [3.8, 4) is 5.75 Å². The molecule has 0 radical (unpaired) electrons. The van der Waals surface area contributed by atoms with E-state index in [0.717, 1.165) is 53.6 Å². The second-order valence-corrected chi connectivity index (χ2v) is 7.11. The number of nitrogens with zero attached hydrogens (tertiary/aromatic N) is 2. The van der Waals surface area contributed by atoms with Gasteiger partial charge in [0.25, 0.3) is 0 Å². The summed E-state index contributed by atoms with van der Waals surface area (Å²) in [7, 11) is 1.62. The Morgan fingerprint density at radius 1 is 1.15 bits per heavy atom. The van der Waals surface area contributed by atoms with Crippen LogP contribution in [0.4, 0.5) is 21.3 Å². The van der Waals surface area contributed by atoms with E-state index in [1.807, 2.05) is 42.5 Å². The standard InChI is InChI=1S/C19H20N4O3S/c1-25-15-6-7-16-17(12-15)27-19(21-16)22-18(24)20-13-2-4-14(5-3-13)23-8-10-26-11-9-23/h2-7,12H,8-11H2,1H3,(H2,20,21,22,24). The van der Waals surface area contributed by atoms with E-state index in [0.29, 0.717) is 5.13 Å². The quantitative estimate of drug-likeness (QED) is 0.716. The van der Waals surface area contributed by atoms with E-state index in [9.17, 15) is 4.79 Å². The number of methoxy groups -OCH3 is 1. The zero-order valence-corrected chi connectivity index (χ0v) is 15.7. The highest BCUT2D eigenvalue weighted by Gasteiger charge is 2.12. The van der Waals surface area contributed by atoms with Gasteiger partial charge in [0, 0.05) is 24.5 Å². The predicted octanol–water partition coefficient (Wildman–Crippen LogP) is 3.79. The summed E-state index contributed by atoms with van der Waals surface area (Å²) in [5.41, 5.74) is 2.68. The number of carbonyl (C=O) groups excluding carboxylic acids is 1. The van der Waals surface area contributed by atoms with Gasteiger partial charge < -0.3 is 19.7 Å². The van der Waals surface area contributed by atoms with Crippen LogP contribution < -0.4 is 20.3 Å². The molecule has 0 atom stereocenters. The van der Waals surface area contributed by atoms with Crippen molar-refractivity contribution in [3.63, 3.8) is 0 Å². The van der Waals surface area contributed by atoms with Crippen LogP contribution in [0.2, 0.25) is 0 Å². The Balaban J connectivity index is 1.38. The van der Waals surface area contributed by atoms with Crippen molar-refractivity contribution in [2.45, 2.75) is 0 Å². The molecule has 4 rings (SSSR count). The van der Waals surface area contributed by atoms with Gasteiger partial charge in [-0.25, -0.2) is 9.78 Å². The number of aromatic nitrogens is 1. The maximum atomic E-state index is 12.3. The molecule has 0 unspecified atom stereocenters. The lowest BCUT2D eigenvalue weighted by Gasteiger charge is -2.28. The topological polar surface area (TPSA) is 75.7 Å². The van der Waals surface area contributed by atoms with E-state index in [1.54, 1.807) is 7.11 Å². The minimum absolute atomic E-state index is 0.319. The third-order valence-corrected chi connectivity index (χ3v) is 5.25. The first-order chi connectivity index (χ1) is 13.2. The van der Waals surface area contributed by atoms with Gasteiger partial charge in [-0.2, -0.15) is 0 Å². The van der Waals surface area contributed by atoms with Crippen molar-refractivity contribution >= 4 is 44.1 Å². The van der Waals surface area contributed by atoms with Crippen LogP contribution in [-0.2, 0) is 4.74 Å². The number of amides is 2. The molecule has 0 saturated carbocycles. The molecule has 1 aliphatic rings. The average molecular weight is 384 g/mol. The van der Waals surface area contributed by atoms with Crippen LogP contribution in [0.1, 0.15) is 0 Å². The van der Waals surface area contributed by atoms with Gasteiger partial charge in [0.2, 0.25) is 0 Å². The first kappa shape index (κ1) is 17.6. The number of ether oxygens (including phenoxy) is 2. The molecular formula is C19H20N4O3S. The molecule has 0 bridgehead atoms. The summed E-state index contributed by atoms with van der Waals surface area (Å²) < 4.78 is 11.5. The van der Waals surface area contributed by atoms with Gasteiger partial charge in [-0.1, -0.05) is 11.3 Å². The SMILES string of the molecule is COc1ccc2nc(NC(=O)Nc3ccc(N4CCOCC4)cc3)sc2c1. The van der Waals surface area contributed by atoms with E-state index < -0.39 is 0 Å². The molecule has 2 amide bonds. The lowest BCUT2D eigenvalue weighted by Crippen LogP contribution is -2.36. The molecule has 8 heteroatoms. The Morgan fingerprint density at radius 3 is 2.67 bits per heavy atom. The number of morpholine rings is 1. The summed E-state index contributed by atoms with van der Waals surface area (Å²) in [6.45, 7) is 3.26. The number of thiazole rings is 1. The summed E-state index contributed by atoms with van der Waals surface area (Å²) >= 11 is 1.41. The maximum Gasteiger partial charge on any atom is 0.325 e. The summed E-state index contributed by atoms with van der Waals surface area (Å²) in [5, 5.41) is 6.16. The summed E-state index contributed by atoms with van der Waals surface area (Å²) in [4.78, 5) is 18.9. The number of carbonyl (C=O) groups is 1. The smallest absolute Gasteiger partial charge is 0.325 e. The number of rotatable bonds is 4. The first-order valence-corrected chi connectivity index (χ1v) is 9.48. The largest absolute Gasteiger partial charge is 0.497 e. The molecule has 2 aromatic carbocycles. The number of urea groups is 1. The van der Waals surface area contributed by atoms with Crippen LogP contribution in [0.15, 0.2) is 42.5 Å². The maximum absolute atomic E-state index is 12.3. The van der Waals surface area contributed by atoms with Crippen LogP contribution in [0.25, 0.3) is 10.2 Å². The van der Waals surface area contributed by atoms with Crippen molar-refractivity contribution < 1.29 is 14.3 Å². The Hall–Kier alpha value is -2.84. The van der Waals surface area contributed by atoms with Gasteiger partial charge >= 0.3 is 6.03 Å². The Labute approximate surface area is 160 Å². The van der Waals surface area contributed by atoms with E-state index in [1.165, 1.54) is 11.3 Å². The Kier molecular flexibility index (Phi) is 5.08. The summed E-state index contributed by atoms with van der Waals surface area (Å²) in [5.74, 6) is 0.766. The van der Waals surface area contributed by atoms with Crippen molar-refractivity contribution in [2.24, 2.45) is 0 Å². The molecule has 27 heavy (non-hydrogen) atoms. The predicted molar refractivity (Wildman–Crippen MR) is 108 cm³/mol. The number of benzene rings is 2. The van der Waals surface area contributed by atoms with Gasteiger partial charge in [0.15, 0.2) is 5.13 Å². The van der Waals surface area contributed by atoms with Gasteiger partial charge in [0.05, 0.1) is 30.5 Å². The van der Waals surface area contributed by atoms with Gasteiger partial charge in [-0.15, -0.1) is 0 Å². The van der Waals surface area contributed by atoms with Gasteiger partial charge in [-0.05, 0) is 42.5 Å². The van der Waals surface area contributed by atoms with E-state index in [-0.39, 0.29) is 6.03 Å². The molecule has 0 spiro atoms. The zero-order chi connectivity index (χ0) is 18.6. The molecular weight excluding hydrogens is 364 g/mol. The molecule has 140 valence electrons. The molecule has 2 heterocycles. The fraction of sp³-hybridized carbons (Fsp3) is 0.263. The minimum Gasteiger partial charge on any atom is -0.497 e. The van der Waals surface area contributed by atoms with Gasteiger partial charge in [0.1, 0.15) is 5.75 Å². The Bertz CT molecular complexity index is 936. The van der Waals surface area contributed by atoms with Crippen LogP contribution in [-0.4, -0.2) is 44.4 Å². The second kappa shape index (κ2) is 7.81. The number of fused-ring (bicyclic) bond motifs is 1. The molecule has 7 nitrogen and oxygen atoms in total. The zero-order valence-electron chi connectivity index (χ0n) is 14.9. The lowest BCUT2D eigenvalue weighted by molar-refractivity contribution is 0.122. The normalized spacial score (nSPS) is 14.2. The highest BCUT2D eigenvalue weighted by Crippen LogP contribution is 2.29. The highest BCUT2D eigenvalue weighted by molar-refractivity contribution is 7.22. The molecule has 1 aliphatic heterocycles. The number of hydrogen-bond donors (Lipinski definition) is 2. The van der Waals surface area contributed by atoms with Crippen molar-refractivity contribution in [1.82, 2.24) is 4.98 Å². The fourth-order valence-corrected chi connectivity index (χ4v) is 3.81. The molecule has 2 N–H and O–H groups in total. The number of nitrogens with one attached hydrogen (secondary N) is 2. The van der Waals surface area contributed by atoms with Gasteiger partial charge in [-0.3, -0.25) is 5.32 Å². The van der Waals surface area contributed by atoms with Crippen LogP contribution >= 0.6 is 11.3 Å². The first-order valence-electron chi connectivity index (χ1n) is 8.66. The van der Waals surface area contributed by atoms with Crippen LogP contribution in [0.5, 0.6) is 5.75 Å². The fourth-order valence-electron chi connectivity index (χ4n) is 2.92. The van der Waals surface area contributed by atoms with E-state index in [4.69, 9.17) is 9.47 Å². The van der Waals surface area contributed by atoms with Crippen molar-refractivity contribution in [3.05, 3.63) is 42.5 Å². The molecule has 3 aromatic rings. The lowest BCUT2D eigenvalue weighted by atomic mass is 10.2. The molecule has 1 saturated heterocycles. The molecule has 1 aromatic heterocycles. The second-order valence-electron chi connectivity index (χ2n) is 6.08. The van der Waals surface area contributed by atoms with Crippen molar-refractivity contribution in [2.75, 3.05) is 48.9 Å².